The minimum atomic E-state index is -0.941. The molecular weight excluding hydrogens is 388 g/mol. The third kappa shape index (κ3) is 5.14. The van der Waals surface area contributed by atoms with Gasteiger partial charge in [-0.05, 0) is 35.9 Å². The molecule has 0 aliphatic carbocycles. The number of carbonyl (C=O) groups excluding carboxylic acids is 2. The molecule has 6 nitrogen and oxygen atoms in total. The van der Waals surface area contributed by atoms with E-state index in [-0.39, 0.29) is 6.10 Å². The van der Waals surface area contributed by atoms with E-state index in [2.05, 4.69) is 10.3 Å². The first-order valence-electron chi connectivity index (χ1n) is 8.41. The molecule has 1 aliphatic heterocycles. The summed E-state index contributed by atoms with van der Waals surface area (Å²) in [7, 11) is 1.27. The monoisotopic (exact) mass is 406 g/mol. The van der Waals surface area contributed by atoms with Gasteiger partial charge in [-0.3, -0.25) is 4.79 Å². The molecule has 2 unspecified atom stereocenters. The van der Waals surface area contributed by atoms with Crippen LogP contribution >= 0.6 is 23.4 Å². The van der Waals surface area contributed by atoms with Gasteiger partial charge in [0.25, 0.3) is 5.91 Å². The Morgan fingerprint density at radius 1 is 1.30 bits per heavy atom. The minimum Gasteiger partial charge on any atom is -0.473 e. The van der Waals surface area contributed by atoms with Crippen LogP contribution in [0.25, 0.3) is 0 Å². The van der Waals surface area contributed by atoms with Crippen LogP contribution in [0.5, 0.6) is 5.88 Å². The van der Waals surface area contributed by atoms with Crippen LogP contribution in [-0.2, 0) is 9.53 Å². The van der Waals surface area contributed by atoms with E-state index in [0.717, 1.165) is 17.9 Å². The van der Waals surface area contributed by atoms with E-state index < -0.39 is 17.9 Å². The van der Waals surface area contributed by atoms with E-state index in [1.54, 1.807) is 36.4 Å². The molecule has 0 radical (unpaired) electrons. The van der Waals surface area contributed by atoms with Crippen molar-refractivity contribution < 1.29 is 19.1 Å². The van der Waals surface area contributed by atoms with Crippen molar-refractivity contribution in [1.82, 2.24) is 10.3 Å². The molecule has 1 saturated heterocycles. The predicted octanol–water partition coefficient (Wildman–Crippen LogP) is 3.26. The van der Waals surface area contributed by atoms with Crippen molar-refractivity contribution in [1.29, 1.82) is 0 Å². The van der Waals surface area contributed by atoms with Gasteiger partial charge in [0.1, 0.15) is 6.10 Å². The van der Waals surface area contributed by atoms with Gasteiger partial charge in [0.05, 0.1) is 7.11 Å². The van der Waals surface area contributed by atoms with Crippen molar-refractivity contribution in [2.75, 3.05) is 18.6 Å². The van der Waals surface area contributed by atoms with Crippen LogP contribution < -0.4 is 10.1 Å². The number of pyridine rings is 1. The van der Waals surface area contributed by atoms with Gasteiger partial charge in [0.15, 0.2) is 6.04 Å². The molecule has 2 heterocycles. The summed E-state index contributed by atoms with van der Waals surface area (Å²) in [4.78, 5) is 29.0. The first kappa shape index (κ1) is 19.5. The first-order valence-corrected chi connectivity index (χ1v) is 9.94. The maximum absolute atomic E-state index is 12.7. The second kappa shape index (κ2) is 9.10. The van der Waals surface area contributed by atoms with Crippen LogP contribution in [0.4, 0.5) is 0 Å². The quantitative estimate of drug-likeness (QED) is 0.742. The van der Waals surface area contributed by atoms with Gasteiger partial charge in [-0.15, -0.1) is 0 Å². The fourth-order valence-corrected chi connectivity index (χ4v) is 3.88. The van der Waals surface area contributed by atoms with Crippen molar-refractivity contribution in [3.8, 4) is 5.88 Å². The number of carbonyl (C=O) groups is 2. The number of rotatable bonds is 6. The molecule has 8 heteroatoms. The summed E-state index contributed by atoms with van der Waals surface area (Å²) in [6.45, 7) is 0. The van der Waals surface area contributed by atoms with Crippen LogP contribution in [0.15, 0.2) is 42.6 Å². The Bertz CT molecular complexity index is 810. The standard InChI is InChI=1S/C19H19ClN2O4S/c1-25-19(24)17(12-2-4-14(20)5-3-12)22-18(23)13-6-8-21-16(10-13)26-15-7-9-27-11-15/h2-6,8,10,15,17H,7,9,11H2,1H3,(H,22,23). The predicted molar refractivity (Wildman–Crippen MR) is 104 cm³/mol. The van der Waals surface area contributed by atoms with Gasteiger partial charge in [-0.2, -0.15) is 11.8 Å². The molecule has 0 bridgehead atoms. The summed E-state index contributed by atoms with van der Waals surface area (Å²) in [5.41, 5.74) is 0.932. The highest BCUT2D eigenvalue weighted by atomic mass is 35.5. The SMILES string of the molecule is COC(=O)C(NC(=O)c1ccnc(OC2CCSC2)c1)c1ccc(Cl)cc1. The Labute approximate surface area is 166 Å². The highest BCUT2D eigenvalue weighted by molar-refractivity contribution is 7.99. The number of methoxy groups -OCH3 is 1. The lowest BCUT2D eigenvalue weighted by Crippen LogP contribution is -2.34. The number of thioether (sulfide) groups is 1. The van der Waals surface area contributed by atoms with E-state index in [1.807, 2.05) is 11.8 Å². The van der Waals surface area contributed by atoms with Crippen LogP contribution in [-0.4, -0.2) is 41.6 Å². The van der Waals surface area contributed by atoms with E-state index in [4.69, 9.17) is 21.1 Å². The fraction of sp³-hybridized carbons (Fsp3) is 0.316. The summed E-state index contributed by atoms with van der Waals surface area (Å²) in [5.74, 6) is 1.38. The molecule has 0 spiro atoms. The molecular formula is C19H19ClN2O4S. The zero-order valence-electron chi connectivity index (χ0n) is 14.7. The zero-order chi connectivity index (χ0) is 19.2. The van der Waals surface area contributed by atoms with Crippen molar-refractivity contribution in [3.63, 3.8) is 0 Å². The molecule has 27 heavy (non-hydrogen) atoms. The molecule has 1 aromatic heterocycles. The first-order chi connectivity index (χ1) is 13.1. The number of hydrogen-bond donors (Lipinski definition) is 1. The van der Waals surface area contributed by atoms with Crippen molar-refractivity contribution in [2.45, 2.75) is 18.6 Å². The molecule has 1 amide bonds. The normalized spacial score (nSPS) is 17.2. The van der Waals surface area contributed by atoms with E-state index in [9.17, 15) is 9.59 Å². The number of nitrogens with one attached hydrogen (secondary N) is 1. The third-order valence-electron chi connectivity index (χ3n) is 4.09. The van der Waals surface area contributed by atoms with Gasteiger partial charge >= 0.3 is 5.97 Å². The molecule has 1 aliphatic rings. The largest absolute Gasteiger partial charge is 0.473 e. The second-order valence-electron chi connectivity index (χ2n) is 5.97. The molecule has 1 N–H and O–H groups in total. The number of hydrogen-bond acceptors (Lipinski definition) is 6. The number of benzene rings is 1. The van der Waals surface area contributed by atoms with Crippen LogP contribution in [0, 0.1) is 0 Å². The molecule has 142 valence electrons. The topological polar surface area (TPSA) is 77.5 Å². The zero-order valence-corrected chi connectivity index (χ0v) is 16.3. The third-order valence-corrected chi connectivity index (χ3v) is 5.47. The Morgan fingerprint density at radius 3 is 2.74 bits per heavy atom. The number of amides is 1. The van der Waals surface area contributed by atoms with Gasteiger partial charge < -0.3 is 14.8 Å². The number of esters is 1. The summed E-state index contributed by atoms with van der Waals surface area (Å²) >= 11 is 7.72. The summed E-state index contributed by atoms with van der Waals surface area (Å²) in [5, 5.41) is 3.23. The lowest BCUT2D eigenvalue weighted by Gasteiger charge is -2.17. The van der Waals surface area contributed by atoms with E-state index in [0.29, 0.717) is 22.0 Å². The fourth-order valence-electron chi connectivity index (χ4n) is 2.66. The van der Waals surface area contributed by atoms with Crippen molar-refractivity contribution >= 4 is 35.2 Å². The van der Waals surface area contributed by atoms with Crippen molar-refractivity contribution in [2.24, 2.45) is 0 Å². The van der Waals surface area contributed by atoms with Crippen LogP contribution in [0.1, 0.15) is 28.4 Å². The molecule has 1 fully saturated rings. The Kier molecular flexibility index (Phi) is 6.58. The molecule has 2 aromatic rings. The Balaban J connectivity index is 1.75. The molecule has 0 saturated carbocycles. The number of nitrogens with zero attached hydrogens (tertiary/aromatic N) is 1. The summed E-state index contributed by atoms with van der Waals surface area (Å²) < 4.78 is 10.6. The molecule has 2 atom stereocenters. The van der Waals surface area contributed by atoms with Crippen LogP contribution in [0.2, 0.25) is 5.02 Å². The number of ether oxygens (including phenoxy) is 2. The lowest BCUT2D eigenvalue weighted by molar-refractivity contribution is -0.143. The number of aromatic nitrogens is 1. The highest BCUT2D eigenvalue weighted by Crippen LogP contribution is 2.23. The van der Waals surface area contributed by atoms with Crippen LogP contribution in [0.3, 0.4) is 0 Å². The summed E-state index contributed by atoms with van der Waals surface area (Å²) in [6.07, 6.45) is 2.59. The van der Waals surface area contributed by atoms with E-state index in [1.165, 1.54) is 13.3 Å². The van der Waals surface area contributed by atoms with Gasteiger partial charge in [-0.1, -0.05) is 23.7 Å². The Hall–Kier alpha value is -2.25. The maximum Gasteiger partial charge on any atom is 0.333 e. The molecule has 1 aromatic carbocycles. The van der Waals surface area contributed by atoms with Crippen molar-refractivity contribution in [3.05, 3.63) is 58.7 Å². The second-order valence-corrected chi connectivity index (χ2v) is 7.55. The maximum atomic E-state index is 12.7. The smallest absolute Gasteiger partial charge is 0.333 e. The number of halogens is 1. The average Bonchev–Trinajstić information content (AvgIpc) is 3.19. The van der Waals surface area contributed by atoms with E-state index >= 15 is 0 Å². The molecule has 3 rings (SSSR count). The van der Waals surface area contributed by atoms with Gasteiger partial charge in [0.2, 0.25) is 5.88 Å². The highest BCUT2D eigenvalue weighted by Gasteiger charge is 2.25. The average molecular weight is 407 g/mol. The Morgan fingerprint density at radius 2 is 2.07 bits per heavy atom. The lowest BCUT2D eigenvalue weighted by atomic mass is 10.1. The summed E-state index contributed by atoms with van der Waals surface area (Å²) in [6, 6.07) is 8.85. The van der Waals surface area contributed by atoms with Gasteiger partial charge in [0, 0.05) is 28.6 Å². The minimum absolute atomic E-state index is 0.109. The van der Waals surface area contributed by atoms with Gasteiger partial charge in [-0.25, -0.2) is 9.78 Å².